The number of aliphatic hydroxyl groups is 1. The Morgan fingerprint density at radius 3 is 2.34 bits per heavy atom. The highest BCUT2D eigenvalue weighted by Crippen LogP contribution is 2.43. The Balaban J connectivity index is 1.92. The number of ketones is 1. The third kappa shape index (κ3) is 4.75. The summed E-state index contributed by atoms with van der Waals surface area (Å²) >= 11 is 0. The second kappa shape index (κ2) is 8.90. The standard InChI is InChI=1S/C26H19F4NO4/c1-14-5-3-6-16(11-14)22-21(23(32)17-9-10-20(27)15(2)12-17)24(33)25(34)31(22)18-7-4-8-19(13-18)35-26(28,29)30/h3-13,22,32H,1-2H3/b23-21+. The highest BCUT2D eigenvalue weighted by atomic mass is 19.4. The van der Waals surface area contributed by atoms with E-state index in [0.717, 1.165) is 28.7 Å². The lowest BCUT2D eigenvalue weighted by Crippen LogP contribution is -2.29. The second-order valence-corrected chi connectivity index (χ2v) is 8.09. The molecule has 1 fully saturated rings. The van der Waals surface area contributed by atoms with Gasteiger partial charge in [-0.25, -0.2) is 4.39 Å². The van der Waals surface area contributed by atoms with Gasteiger partial charge in [-0.05, 0) is 55.3 Å². The van der Waals surface area contributed by atoms with Crippen molar-refractivity contribution in [1.82, 2.24) is 0 Å². The minimum atomic E-state index is -4.96. The van der Waals surface area contributed by atoms with Crippen LogP contribution in [0, 0.1) is 19.7 Å². The predicted octanol–water partition coefficient (Wildman–Crippen LogP) is 5.97. The molecular weight excluding hydrogens is 466 g/mol. The Bertz CT molecular complexity index is 1360. The Kier molecular flexibility index (Phi) is 6.10. The van der Waals surface area contributed by atoms with Crippen molar-refractivity contribution in [2.45, 2.75) is 26.3 Å². The smallest absolute Gasteiger partial charge is 0.507 e. The van der Waals surface area contributed by atoms with Gasteiger partial charge >= 0.3 is 6.36 Å². The molecule has 1 aliphatic heterocycles. The molecule has 3 aromatic rings. The van der Waals surface area contributed by atoms with Gasteiger partial charge in [0.2, 0.25) is 0 Å². The van der Waals surface area contributed by atoms with E-state index in [0.29, 0.717) is 5.56 Å². The summed E-state index contributed by atoms with van der Waals surface area (Å²) in [4.78, 5) is 27.3. The number of hydrogen-bond donors (Lipinski definition) is 1. The molecule has 35 heavy (non-hydrogen) atoms. The summed E-state index contributed by atoms with van der Waals surface area (Å²) < 4.78 is 56.1. The Hall–Kier alpha value is -4.14. The summed E-state index contributed by atoms with van der Waals surface area (Å²) in [5.41, 5.74) is 1.27. The fourth-order valence-corrected chi connectivity index (χ4v) is 4.03. The van der Waals surface area contributed by atoms with Crippen molar-refractivity contribution in [1.29, 1.82) is 0 Å². The molecule has 1 unspecified atom stereocenters. The maximum atomic E-state index is 13.8. The molecule has 1 heterocycles. The first-order chi connectivity index (χ1) is 16.5. The highest BCUT2D eigenvalue weighted by Gasteiger charge is 2.47. The average Bonchev–Trinajstić information content (AvgIpc) is 3.05. The van der Waals surface area contributed by atoms with E-state index < -0.39 is 41.4 Å². The minimum absolute atomic E-state index is 0.0327. The summed E-state index contributed by atoms with van der Waals surface area (Å²) in [5, 5.41) is 11.1. The fraction of sp³-hybridized carbons (Fsp3) is 0.154. The molecule has 0 saturated carbocycles. The fourth-order valence-electron chi connectivity index (χ4n) is 4.03. The van der Waals surface area contributed by atoms with E-state index >= 15 is 0 Å². The molecule has 1 N–H and O–H groups in total. The molecule has 0 bridgehead atoms. The number of aryl methyl sites for hydroxylation is 2. The van der Waals surface area contributed by atoms with Crippen LogP contribution in [0.2, 0.25) is 0 Å². The number of halogens is 4. The van der Waals surface area contributed by atoms with Crippen LogP contribution < -0.4 is 9.64 Å². The van der Waals surface area contributed by atoms with Gasteiger partial charge in [0.1, 0.15) is 17.3 Å². The third-order valence-corrected chi connectivity index (χ3v) is 5.56. The number of hydrogen-bond acceptors (Lipinski definition) is 4. The van der Waals surface area contributed by atoms with Crippen molar-refractivity contribution in [3.05, 3.63) is 100 Å². The molecule has 1 atom stereocenters. The van der Waals surface area contributed by atoms with Crippen LogP contribution in [0.5, 0.6) is 5.75 Å². The van der Waals surface area contributed by atoms with Gasteiger partial charge < -0.3 is 9.84 Å². The number of amides is 1. The summed E-state index contributed by atoms with van der Waals surface area (Å²) in [6.45, 7) is 3.27. The van der Waals surface area contributed by atoms with Gasteiger partial charge in [0.05, 0.1) is 11.6 Å². The number of carbonyl (C=O) groups is 2. The molecular formula is C26H19F4NO4. The number of carbonyl (C=O) groups excluding carboxylic acids is 2. The Morgan fingerprint density at radius 1 is 0.971 bits per heavy atom. The number of alkyl halides is 3. The lowest BCUT2D eigenvalue weighted by atomic mass is 9.94. The van der Waals surface area contributed by atoms with Crippen molar-refractivity contribution < 1.29 is 37.0 Å². The topological polar surface area (TPSA) is 66.8 Å². The lowest BCUT2D eigenvalue weighted by molar-refractivity contribution is -0.274. The van der Waals surface area contributed by atoms with Crippen LogP contribution in [-0.4, -0.2) is 23.2 Å². The normalized spacial score (nSPS) is 17.7. The second-order valence-electron chi connectivity index (χ2n) is 8.09. The number of anilines is 1. The van der Waals surface area contributed by atoms with Crippen LogP contribution in [0.15, 0.2) is 72.3 Å². The van der Waals surface area contributed by atoms with Crippen LogP contribution in [0.3, 0.4) is 0 Å². The summed E-state index contributed by atoms with van der Waals surface area (Å²) in [6.07, 6.45) is -4.96. The summed E-state index contributed by atoms with van der Waals surface area (Å²) in [5.74, 6) is -3.69. The number of aliphatic hydroxyl groups excluding tert-OH is 1. The summed E-state index contributed by atoms with van der Waals surface area (Å²) in [6, 6.07) is 14.1. The first-order valence-corrected chi connectivity index (χ1v) is 10.5. The largest absolute Gasteiger partial charge is 0.573 e. The van der Waals surface area contributed by atoms with Gasteiger partial charge in [-0.2, -0.15) is 0 Å². The van der Waals surface area contributed by atoms with E-state index in [1.54, 1.807) is 31.2 Å². The van der Waals surface area contributed by atoms with Crippen LogP contribution in [0.4, 0.5) is 23.2 Å². The van der Waals surface area contributed by atoms with Gasteiger partial charge in [0.25, 0.3) is 11.7 Å². The van der Waals surface area contributed by atoms with E-state index in [-0.39, 0.29) is 22.4 Å². The monoisotopic (exact) mass is 485 g/mol. The van der Waals surface area contributed by atoms with Crippen LogP contribution in [-0.2, 0) is 9.59 Å². The van der Waals surface area contributed by atoms with E-state index in [1.807, 2.05) is 0 Å². The number of ether oxygens (including phenoxy) is 1. The molecule has 0 spiro atoms. The van der Waals surface area contributed by atoms with E-state index in [9.17, 15) is 32.3 Å². The quantitative estimate of drug-likeness (QED) is 0.214. The maximum Gasteiger partial charge on any atom is 0.573 e. The number of benzene rings is 3. The molecule has 180 valence electrons. The molecule has 3 aromatic carbocycles. The zero-order valence-corrected chi connectivity index (χ0v) is 18.6. The van der Waals surface area contributed by atoms with Crippen molar-refractivity contribution in [2.24, 2.45) is 0 Å². The molecule has 0 radical (unpaired) electrons. The van der Waals surface area contributed by atoms with Gasteiger partial charge in [0.15, 0.2) is 0 Å². The molecule has 1 saturated heterocycles. The maximum absolute atomic E-state index is 13.8. The molecule has 5 nitrogen and oxygen atoms in total. The van der Waals surface area contributed by atoms with Crippen LogP contribution in [0.1, 0.15) is 28.3 Å². The van der Waals surface area contributed by atoms with E-state index in [1.165, 1.54) is 31.2 Å². The number of rotatable bonds is 4. The van der Waals surface area contributed by atoms with Crippen molar-refractivity contribution >= 4 is 23.1 Å². The zero-order chi connectivity index (χ0) is 25.5. The molecule has 1 aliphatic rings. The summed E-state index contributed by atoms with van der Waals surface area (Å²) in [7, 11) is 0. The Labute approximate surface area is 197 Å². The SMILES string of the molecule is Cc1cccc(C2/C(=C(\O)c3ccc(F)c(C)c3)C(=O)C(=O)N2c2cccc(OC(F)(F)F)c2)c1. The van der Waals surface area contributed by atoms with Gasteiger partial charge in [-0.15, -0.1) is 13.2 Å². The minimum Gasteiger partial charge on any atom is -0.507 e. The van der Waals surface area contributed by atoms with Crippen molar-refractivity contribution in [3.63, 3.8) is 0 Å². The number of nitrogens with zero attached hydrogens (tertiary/aromatic N) is 1. The molecule has 0 aliphatic carbocycles. The van der Waals surface area contributed by atoms with Gasteiger partial charge in [-0.3, -0.25) is 14.5 Å². The van der Waals surface area contributed by atoms with E-state index in [4.69, 9.17) is 0 Å². The number of Topliss-reactive ketones (excluding diaryl/α,β-unsaturated/α-hetero) is 1. The van der Waals surface area contributed by atoms with Crippen LogP contribution >= 0.6 is 0 Å². The highest BCUT2D eigenvalue weighted by molar-refractivity contribution is 6.51. The lowest BCUT2D eigenvalue weighted by Gasteiger charge is -2.26. The first-order valence-electron chi connectivity index (χ1n) is 10.5. The average molecular weight is 485 g/mol. The molecule has 0 aromatic heterocycles. The van der Waals surface area contributed by atoms with Gasteiger partial charge in [-0.1, -0.05) is 35.9 Å². The van der Waals surface area contributed by atoms with E-state index in [2.05, 4.69) is 4.74 Å². The van der Waals surface area contributed by atoms with Crippen molar-refractivity contribution in [3.8, 4) is 5.75 Å². The molecule has 9 heteroatoms. The van der Waals surface area contributed by atoms with Gasteiger partial charge in [0, 0.05) is 17.3 Å². The van der Waals surface area contributed by atoms with Crippen LogP contribution in [0.25, 0.3) is 5.76 Å². The molecule has 4 rings (SSSR count). The predicted molar refractivity (Wildman–Crippen MR) is 120 cm³/mol. The Morgan fingerprint density at radius 2 is 1.69 bits per heavy atom. The molecule has 1 amide bonds. The zero-order valence-electron chi connectivity index (χ0n) is 18.6. The van der Waals surface area contributed by atoms with Crippen molar-refractivity contribution in [2.75, 3.05) is 4.90 Å². The first kappa shape index (κ1) is 24.0. The third-order valence-electron chi connectivity index (χ3n) is 5.56.